The minimum Gasteiger partial charge on any atom is -0.321 e. The smallest absolute Gasteiger partial charge is 0.258 e. The van der Waals surface area contributed by atoms with Crippen LogP contribution in [-0.2, 0) is 4.79 Å². The molecule has 0 saturated carbocycles. The molecular weight excluding hydrogens is 490 g/mol. The molecule has 3 aromatic carbocycles. The Kier molecular flexibility index (Phi) is 5.99. The number of pyridine rings is 1. The topological polar surface area (TPSA) is 65.5 Å². The number of H-pyrrole nitrogens is 1. The van der Waals surface area contributed by atoms with E-state index in [4.69, 9.17) is 0 Å². The predicted octanol–water partition coefficient (Wildman–Crippen LogP) is 6.00. The molecule has 0 radical (unpaired) electrons. The molecule has 5 rings (SSSR count). The molecule has 168 valence electrons. The summed E-state index contributed by atoms with van der Waals surface area (Å²) in [6, 6.07) is 25.3. The molecule has 34 heavy (non-hydrogen) atoms. The van der Waals surface area contributed by atoms with Gasteiger partial charge in [0.2, 0.25) is 5.91 Å². The molecule has 4 aromatic rings. The summed E-state index contributed by atoms with van der Waals surface area (Å²) in [4.78, 5) is 28.8. The summed E-state index contributed by atoms with van der Waals surface area (Å²) in [7, 11) is 0. The van der Waals surface area contributed by atoms with Gasteiger partial charge >= 0.3 is 0 Å². The van der Waals surface area contributed by atoms with Crippen molar-refractivity contribution >= 4 is 44.5 Å². The zero-order chi connectivity index (χ0) is 23.7. The third-order valence-corrected chi connectivity index (χ3v) is 6.40. The van der Waals surface area contributed by atoms with Gasteiger partial charge in [0.15, 0.2) is 0 Å². The maximum atomic E-state index is 13.4. The normalized spacial score (nSPS) is 15.8. The fraction of sp³-hybridized carbons (Fsp3) is 0.107. The predicted molar refractivity (Wildman–Crippen MR) is 141 cm³/mol. The molecule has 1 atom stereocenters. The van der Waals surface area contributed by atoms with Crippen LogP contribution < -0.4 is 5.56 Å². The Balaban J connectivity index is 1.66. The van der Waals surface area contributed by atoms with Crippen molar-refractivity contribution in [3.63, 3.8) is 0 Å². The number of amides is 1. The van der Waals surface area contributed by atoms with Crippen LogP contribution in [0.4, 0.5) is 0 Å². The van der Waals surface area contributed by atoms with E-state index in [1.807, 2.05) is 91.0 Å². The number of halogens is 1. The molecule has 0 saturated heterocycles. The van der Waals surface area contributed by atoms with E-state index in [0.29, 0.717) is 17.7 Å². The summed E-state index contributed by atoms with van der Waals surface area (Å²) >= 11 is 3.56. The Labute approximate surface area is 205 Å². The van der Waals surface area contributed by atoms with Crippen LogP contribution in [0.3, 0.4) is 0 Å². The Bertz CT molecular complexity index is 1490. The van der Waals surface area contributed by atoms with Crippen LogP contribution in [0.25, 0.3) is 28.1 Å². The molecule has 6 heteroatoms. The molecule has 1 amide bonds. The zero-order valence-electron chi connectivity index (χ0n) is 18.5. The van der Waals surface area contributed by atoms with Crippen molar-refractivity contribution in [2.24, 2.45) is 5.10 Å². The summed E-state index contributed by atoms with van der Waals surface area (Å²) in [6.45, 7) is 1.50. The van der Waals surface area contributed by atoms with Gasteiger partial charge in [0, 0.05) is 34.3 Å². The van der Waals surface area contributed by atoms with E-state index >= 15 is 0 Å². The second kappa shape index (κ2) is 9.23. The van der Waals surface area contributed by atoms with Gasteiger partial charge in [-0.1, -0.05) is 88.7 Å². The maximum absolute atomic E-state index is 13.4. The number of fused-ring (bicyclic) bond motifs is 1. The minimum atomic E-state index is -0.270. The number of nitrogens with zero attached hydrogens (tertiary/aromatic N) is 2. The Morgan fingerprint density at radius 2 is 1.74 bits per heavy atom. The van der Waals surface area contributed by atoms with Gasteiger partial charge in [-0.25, -0.2) is 5.01 Å². The first-order valence-electron chi connectivity index (χ1n) is 11.0. The van der Waals surface area contributed by atoms with E-state index in [9.17, 15) is 9.59 Å². The number of hydrogen-bond donors (Lipinski definition) is 1. The lowest BCUT2D eigenvalue weighted by Crippen LogP contribution is -2.29. The van der Waals surface area contributed by atoms with Crippen molar-refractivity contribution in [2.75, 3.05) is 0 Å². The summed E-state index contributed by atoms with van der Waals surface area (Å²) in [6.07, 6.45) is 4.41. The minimum absolute atomic E-state index is 0.168. The number of carbonyl (C=O) groups is 1. The number of hydrogen-bond acceptors (Lipinski definition) is 3. The molecule has 2 heterocycles. The number of nitrogens with one attached hydrogen (secondary N) is 1. The number of hydrazone groups is 1. The molecule has 1 N–H and O–H groups in total. The van der Waals surface area contributed by atoms with Gasteiger partial charge in [0.05, 0.1) is 17.3 Å². The van der Waals surface area contributed by atoms with Gasteiger partial charge in [-0.15, -0.1) is 0 Å². The lowest BCUT2D eigenvalue weighted by molar-refractivity contribution is -0.129. The highest BCUT2D eigenvalue weighted by Crippen LogP contribution is 2.34. The van der Waals surface area contributed by atoms with Crippen LogP contribution in [0.15, 0.2) is 99.3 Å². The molecule has 1 unspecified atom stereocenters. The molecular formula is C28H22BrN3O2. The second-order valence-electron chi connectivity index (χ2n) is 8.21. The van der Waals surface area contributed by atoms with Crippen LogP contribution in [0, 0.1) is 0 Å². The molecule has 0 fully saturated rings. The fourth-order valence-electron chi connectivity index (χ4n) is 4.37. The number of carbonyl (C=O) groups excluding carboxylic acids is 1. The molecule has 1 aliphatic heterocycles. The van der Waals surface area contributed by atoms with Crippen LogP contribution in [0.2, 0.25) is 0 Å². The molecule has 1 aromatic heterocycles. The van der Waals surface area contributed by atoms with E-state index in [1.165, 1.54) is 11.9 Å². The first-order chi connectivity index (χ1) is 16.5. The average Bonchev–Trinajstić information content (AvgIpc) is 3.27. The maximum Gasteiger partial charge on any atom is 0.258 e. The van der Waals surface area contributed by atoms with Crippen molar-refractivity contribution in [3.8, 4) is 11.1 Å². The van der Waals surface area contributed by atoms with E-state index in [1.54, 1.807) is 0 Å². The number of aromatic nitrogens is 1. The summed E-state index contributed by atoms with van der Waals surface area (Å²) in [5.41, 5.74) is 4.40. The average molecular weight is 512 g/mol. The van der Waals surface area contributed by atoms with Gasteiger partial charge in [-0.3, -0.25) is 9.59 Å². The van der Waals surface area contributed by atoms with Crippen LogP contribution in [0.5, 0.6) is 0 Å². The highest BCUT2D eigenvalue weighted by atomic mass is 79.9. The highest BCUT2D eigenvalue weighted by molar-refractivity contribution is 9.10. The Morgan fingerprint density at radius 1 is 1.03 bits per heavy atom. The van der Waals surface area contributed by atoms with Gasteiger partial charge in [-0.05, 0) is 29.3 Å². The van der Waals surface area contributed by atoms with E-state index in [0.717, 1.165) is 32.1 Å². The van der Waals surface area contributed by atoms with Gasteiger partial charge < -0.3 is 4.98 Å². The van der Waals surface area contributed by atoms with Crippen LogP contribution in [-0.4, -0.2) is 27.7 Å². The highest BCUT2D eigenvalue weighted by Gasteiger charge is 2.31. The Morgan fingerprint density at radius 3 is 2.44 bits per heavy atom. The van der Waals surface area contributed by atoms with Crippen molar-refractivity contribution in [2.45, 2.75) is 19.4 Å². The number of rotatable bonds is 4. The fourth-order valence-corrected chi connectivity index (χ4v) is 4.73. The lowest BCUT2D eigenvalue weighted by Gasteiger charge is -2.16. The second-order valence-corrected chi connectivity index (χ2v) is 9.13. The third-order valence-electron chi connectivity index (χ3n) is 5.91. The largest absolute Gasteiger partial charge is 0.321 e. The summed E-state index contributed by atoms with van der Waals surface area (Å²) in [5.74, 6) is -0.168. The number of benzene rings is 3. The first-order valence-corrected chi connectivity index (χ1v) is 11.8. The SMILES string of the molecule is CC(=O)N1N=C(c2c(-c3ccccc3)c3cc(Br)ccc3[nH]c2=O)CC1C=Cc1ccccc1. The zero-order valence-corrected chi connectivity index (χ0v) is 20.1. The summed E-state index contributed by atoms with van der Waals surface area (Å²) < 4.78 is 0.914. The van der Waals surface area contributed by atoms with Crippen molar-refractivity contribution in [1.29, 1.82) is 0 Å². The van der Waals surface area contributed by atoms with E-state index < -0.39 is 0 Å². The molecule has 1 aliphatic rings. The van der Waals surface area contributed by atoms with E-state index in [2.05, 4.69) is 26.0 Å². The van der Waals surface area contributed by atoms with Crippen molar-refractivity contribution < 1.29 is 4.79 Å². The standard InChI is InChI=1S/C28H22BrN3O2/c1-18(33)32-22(14-12-19-8-4-2-5-9-19)17-25(31-32)27-26(20-10-6-3-7-11-20)23-16-21(29)13-15-24(23)30-28(27)34/h2-16,22H,17H2,1H3,(H,30,34). The van der Waals surface area contributed by atoms with Gasteiger partial charge in [0.1, 0.15) is 0 Å². The van der Waals surface area contributed by atoms with Crippen molar-refractivity contribution in [3.05, 3.63) is 111 Å². The molecule has 0 aliphatic carbocycles. The third kappa shape index (κ3) is 4.24. The monoisotopic (exact) mass is 511 g/mol. The van der Waals surface area contributed by atoms with E-state index in [-0.39, 0.29) is 17.5 Å². The molecule has 5 nitrogen and oxygen atoms in total. The van der Waals surface area contributed by atoms with Crippen LogP contribution in [0.1, 0.15) is 24.5 Å². The number of aromatic amines is 1. The lowest BCUT2D eigenvalue weighted by atomic mass is 9.92. The van der Waals surface area contributed by atoms with Crippen LogP contribution >= 0.6 is 15.9 Å². The van der Waals surface area contributed by atoms with Crippen molar-refractivity contribution in [1.82, 2.24) is 9.99 Å². The van der Waals surface area contributed by atoms with Gasteiger partial charge in [0.25, 0.3) is 5.56 Å². The molecule has 0 bridgehead atoms. The quantitative estimate of drug-likeness (QED) is 0.365. The summed E-state index contributed by atoms with van der Waals surface area (Å²) in [5, 5.41) is 7.02. The van der Waals surface area contributed by atoms with Gasteiger partial charge in [-0.2, -0.15) is 5.10 Å². The molecule has 0 spiro atoms. The first kappa shape index (κ1) is 22.0. The Hall–Kier alpha value is -3.77.